The Balaban J connectivity index is 2.07. The molecule has 2 aliphatic rings. The van der Waals surface area contributed by atoms with Crippen LogP contribution in [0.2, 0.25) is 5.02 Å². The molecule has 0 saturated carbocycles. The number of nitrogens with one attached hydrogen (secondary N) is 1. The Hall–Kier alpha value is -0.600. The molecular formula is C11H10ClNS. The van der Waals surface area contributed by atoms with Crippen LogP contribution >= 0.6 is 23.8 Å². The molecule has 1 heterocycles. The van der Waals surface area contributed by atoms with E-state index in [1.165, 1.54) is 11.1 Å². The van der Waals surface area contributed by atoms with Crippen molar-refractivity contribution in [3.05, 3.63) is 34.3 Å². The normalized spacial score (nSPS) is 28.5. The summed E-state index contributed by atoms with van der Waals surface area (Å²) in [5.74, 6) is 0.663. The first-order valence-electron chi connectivity index (χ1n) is 4.82. The molecule has 14 heavy (non-hydrogen) atoms. The van der Waals surface area contributed by atoms with Crippen LogP contribution in [0.4, 0.5) is 0 Å². The molecule has 3 heteroatoms. The quantitative estimate of drug-likeness (QED) is 0.679. The third-order valence-electron chi connectivity index (χ3n) is 3.16. The van der Waals surface area contributed by atoms with Gasteiger partial charge < -0.3 is 5.32 Å². The Morgan fingerprint density at radius 3 is 3.07 bits per heavy atom. The van der Waals surface area contributed by atoms with Crippen molar-refractivity contribution in [1.82, 2.24) is 5.32 Å². The van der Waals surface area contributed by atoms with Gasteiger partial charge in [-0.25, -0.2) is 0 Å². The van der Waals surface area contributed by atoms with Gasteiger partial charge in [0, 0.05) is 11.4 Å². The Morgan fingerprint density at radius 2 is 2.21 bits per heavy atom. The summed E-state index contributed by atoms with van der Waals surface area (Å²) in [7, 11) is 0. The SMILES string of the molecule is S=C1CC2Cc3ccc(Cl)cc3C2N1. The van der Waals surface area contributed by atoms with Crippen molar-refractivity contribution in [3.8, 4) is 0 Å². The van der Waals surface area contributed by atoms with Gasteiger partial charge in [0.15, 0.2) is 0 Å². The van der Waals surface area contributed by atoms with Crippen molar-refractivity contribution in [2.75, 3.05) is 0 Å². The van der Waals surface area contributed by atoms with Crippen LogP contribution in [-0.2, 0) is 6.42 Å². The molecule has 1 aromatic rings. The average Bonchev–Trinajstić information content (AvgIpc) is 2.62. The van der Waals surface area contributed by atoms with Crippen LogP contribution in [0.1, 0.15) is 23.6 Å². The molecule has 1 fully saturated rings. The molecular weight excluding hydrogens is 214 g/mol. The van der Waals surface area contributed by atoms with Gasteiger partial charge in [0.05, 0.1) is 11.0 Å². The monoisotopic (exact) mass is 223 g/mol. The van der Waals surface area contributed by atoms with Crippen molar-refractivity contribution in [2.24, 2.45) is 5.92 Å². The highest BCUT2D eigenvalue weighted by Crippen LogP contribution is 2.42. The van der Waals surface area contributed by atoms with E-state index in [4.69, 9.17) is 23.8 Å². The number of rotatable bonds is 0. The second-order valence-electron chi connectivity index (χ2n) is 4.06. The van der Waals surface area contributed by atoms with E-state index in [1.807, 2.05) is 6.07 Å². The van der Waals surface area contributed by atoms with E-state index in [1.54, 1.807) is 0 Å². The van der Waals surface area contributed by atoms with Gasteiger partial charge >= 0.3 is 0 Å². The molecule has 0 spiro atoms. The van der Waals surface area contributed by atoms with Gasteiger partial charge in [-0.15, -0.1) is 0 Å². The first-order valence-corrected chi connectivity index (χ1v) is 5.60. The molecule has 0 radical (unpaired) electrons. The summed E-state index contributed by atoms with van der Waals surface area (Å²) in [5.41, 5.74) is 2.78. The molecule has 1 nitrogen and oxygen atoms in total. The van der Waals surface area contributed by atoms with Crippen molar-refractivity contribution >= 4 is 28.8 Å². The Labute approximate surface area is 93.5 Å². The summed E-state index contributed by atoms with van der Waals surface area (Å²) in [6, 6.07) is 6.61. The lowest BCUT2D eigenvalue weighted by Crippen LogP contribution is -2.17. The van der Waals surface area contributed by atoms with Gasteiger partial charge in [-0.3, -0.25) is 0 Å². The minimum Gasteiger partial charge on any atom is -0.373 e. The fraction of sp³-hybridized carbons (Fsp3) is 0.364. The first-order chi connectivity index (χ1) is 6.74. The first kappa shape index (κ1) is 8.69. The topological polar surface area (TPSA) is 12.0 Å². The molecule has 1 saturated heterocycles. The predicted molar refractivity (Wildman–Crippen MR) is 61.7 cm³/mol. The van der Waals surface area contributed by atoms with E-state index in [0.29, 0.717) is 12.0 Å². The van der Waals surface area contributed by atoms with Crippen LogP contribution in [-0.4, -0.2) is 4.99 Å². The van der Waals surface area contributed by atoms with Crippen molar-refractivity contribution in [1.29, 1.82) is 0 Å². The van der Waals surface area contributed by atoms with Gasteiger partial charge in [-0.1, -0.05) is 29.9 Å². The summed E-state index contributed by atoms with van der Waals surface area (Å²) in [6.07, 6.45) is 2.18. The zero-order valence-electron chi connectivity index (χ0n) is 7.59. The molecule has 0 amide bonds. The van der Waals surface area contributed by atoms with Crippen LogP contribution in [0.15, 0.2) is 18.2 Å². The molecule has 0 bridgehead atoms. The van der Waals surface area contributed by atoms with E-state index >= 15 is 0 Å². The number of hydrogen-bond acceptors (Lipinski definition) is 1. The van der Waals surface area contributed by atoms with Crippen LogP contribution in [0.5, 0.6) is 0 Å². The fourth-order valence-electron chi connectivity index (χ4n) is 2.55. The number of halogens is 1. The number of hydrogen-bond donors (Lipinski definition) is 1. The number of fused-ring (bicyclic) bond motifs is 3. The molecule has 72 valence electrons. The van der Waals surface area contributed by atoms with Gasteiger partial charge in [0.25, 0.3) is 0 Å². The minimum absolute atomic E-state index is 0.427. The molecule has 1 N–H and O–H groups in total. The fourth-order valence-corrected chi connectivity index (χ4v) is 3.07. The molecule has 0 aromatic heterocycles. The second-order valence-corrected chi connectivity index (χ2v) is 4.99. The zero-order valence-corrected chi connectivity index (χ0v) is 9.16. The minimum atomic E-state index is 0.427. The van der Waals surface area contributed by atoms with E-state index in [0.717, 1.165) is 22.9 Å². The van der Waals surface area contributed by atoms with E-state index in [2.05, 4.69) is 17.4 Å². The second kappa shape index (κ2) is 2.94. The van der Waals surface area contributed by atoms with Crippen LogP contribution in [0, 0.1) is 5.92 Å². The summed E-state index contributed by atoms with van der Waals surface area (Å²) in [6.45, 7) is 0. The maximum absolute atomic E-state index is 5.99. The maximum atomic E-state index is 5.99. The van der Waals surface area contributed by atoms with Crippen LogP contribution in [0.25, 0.3) is 0 Å². The smallest absolute Gasteiger partial charge is 0.0762 e. The highest BCUT2D eigenvalue weighted by molar-refractivity contribution is 7.80. The highest BCUT2D eigenvalue weighted by atomic mass is 35.5. The number of benzene rings is 1. The van der Waals surface area contributed by atoms with Crippen molar-refractivity contribution < 1.29 is 0 Å². The van der Waals surface area contributed by atoms with Gasteiger partial charge in [-0.2, -0.15) is 0 Å². The van der Waals surface area contributed by atoms with Crippen LogP contribution < -0.4 is 5.32 Å². The van der Waals surface area contributed by atoms with E-state index in [9.17, 15) is 0 Å². The molecule has 2 atom stereocenters. The van der Waals surface area contributed by atoms with Gasteiger partial charge in [-0.05, 0) is 35.6 Å². The Kier molecular flexibility index (Phi) is 1.83. The number of thiocarbonyl (C=S) groups is 1. The van der Waals surface area contributed by atoms with Crippen molar-refractivity contribution in [3.63, 3.8) is 0 Å². The third-order valence-corrected chi connectivity index (χ3v) is 3.68. The Morgan fingerprint density at radius 1 is 1.36 bits per heavy atom. The zero-order chi connectivity index (χ0) is 9.71. The largest absolute Gasteiger partial charge is 0.373 e. The molecule has 3 rings (SSSR count). The van der Waals surface area contributed by atoms with Crippen molar-refractivity contribution in [2.45, 2.75) is 18.9 Å². The molecule has 2 unspecified atom stereocenters. The Bertz CT molecular complexity index is 416. The summed E-state index contributed by atoms with van der Waals surface area (Å²) in [5, 5.41) is 4.20. The lowest BCUT2D eigenvalue weighted by atomic mass is 10.0. The summed E-state index contributed by atoms with van der Waals surface area (Å²) < 4.78 is 0. The molecule has 1 aliphatic heterocycles. The van der Waals surface area contributed by atoms with Crippen LogP contribution in [0.3, 0.4) is 0 Å². The highest BCUT2D eigenvalue weighted by Gasteiger charge is 2.37. The molecule has 1 aromatic carbocycles. The van der Waals surface area contributed by atoms with E-state index in [-0.39, 0.29) is 0 Å². The molecule has 1 aliphatic carbocycles. The lowest BCUT2D eigenvalue weighted by Gasteiger charge is -2.10. The summed E-state index contributed by atoms with van der Waals surface area (Å²) in [4.78, 5) is 1.01. The standard InChI is InChI=1S/C11H10ClNS/c12-8-2-1-6-3-7-4-10(14)13-11(7)9(6)5-8/h1-2,5,7,11H,3-4H2,(H,13,14). The van der Waals surface area contributed by atoms with E-state index < -0.39 is 0 Å². The lowest BCUT2D eigenvalue weighted by molar-refractivity contribution is 0.505. The predicted octanol–water partition coefficient (Wildman–Crippen LogP) is 2.87. The van der Waals surface area contributed by atoms with Gasteiger partial charge in [0.2, 0.25) is 0 Å². The third kappa shape index (κ3) is 1.17. The average molecular weight is 224 g/mol. The van der Waals surface area contributed by atoms with Gasteiger partial charge in [0.1, 0.15) is 0 Å². The summed E-state index contributed by atoms with van der Waals surface area (Å²) >= 11 is 11.2. The maximum Gasteiger partial charge on any atom is 0.0762 e.